The largest absolute Gasteiger partial charge is 0.361 e. The van der Waals surface area contributed by atoms with Gasteiger partial charge in [0.05, 0.1) is 17.3 Å². The van der Waals surface area contributed by atoms with Gasteiger partial charge in [0, 0.05) is 5.56 Å². The molecular weight excluding hydrogens is 320 g/mol. The topological polar surface area (TPSA) is 99.3 Å². The van der Waals surface area contributed by atoms with Crippen molar-refractivity contribution in [3.63, 3.8) is 0 Å². The number of aliphatic imine (C=N–C) groups is 2. The lowest BCUT2D eigenvalue weighted by atomic mass is 9.81. The third kappa shape index (κ3) is 4.04. The van der Waals surface area contributed by atoms with E-state index in [4.69, 9.17) is 0 Å². The lowest BCUT2D eigenvalue weighted by molar-refractivity contribution is -0.181. The summed E-state index contributed by atoms with van der Waals surface area (Å²) in [6, 6.07) is 12.3. The molecule has 2 N–H and O–H groups in total. The van der Waals surface area contributed by atoms with Gasteiger partial charge in [0.1, 0.15) is 0 Å². The third-order valence-corrected chi connectivity index (χ3v) is 3.76. The van der Waals surface area contributed by atoms with Crippen LogP contribution in [0, 0.1) is 0 Å². The van der Waals surface area contributed by atoms with Crippen LogP contribution in [0.1, 0.15) is 24.0 Å². The molecule has 0 aliphatic rings. The van der Waals surface area contributed by atoms with E-state index in [0.717, 1.165) is 0 Å². The highest BCUT2D eigenvalue weighted by molar-refractivity contribution is 5.51. The summed E-state index contributed by atoms with van der Waals surface area (Å²) in [6.45, 7) is 5.54. The quantitative estimate of drug-likeness (QED) is 0.366. The van der Waals surface area contributed by atoms with E-state index in [-0.39, 0.29) is 5.56 Å². The van der Waals surface area contributed by atoms with Crippen LogP contribution < -0.4 is 0 Å². The molecule has 0 heterocycles. The van der Waals surface area contributed by atoms with Crippen molar-refractivity contribution in [2.24, 2.45) is 9.98 Å². The van der Waals surface area contributed by atoms with Gasteiger partial charge in [-0.05, 0) is 36.8 Å². The molecule has 0 saturated carbocycles. The summed E-state index contributed by atoms with van der Waals surface area (Å²) in [7, 11) is 0. The lowest BCUT2D eigenvalue weighted by Gasteiger charge is -2.32. The maximum Gasteiger partial charge on any atom is 0.240 e. The second-order valence-corrected chi connectivity index (χ2v) is 5.55. The van der Waals surface area contributed by atoms with E-state index in [1.165, 1.54) is 36.4 Å². The van der Waals surface area contributed by atoms with Gasteiger partial charge in [0.15, 0.2) is 0 Å². The number of carbonyl (C=O) groups excluding carboxylic acids is 2. The summed E-state index contributed by atoms with van der Waals surface area (Å²) >= 11 is 0. The molecule has 1 unspecified atom stereocenters. The third-order valence-electron chi connectivity index (χ3n) is 3.76. The van der Waals surface area contributed by atoms with Crippen molar-refractivity contribution in [1.29, 1.82) is 0 Å². The zero-order chi connectivity index (χ0) is 18.4. The van der Waals surface area contributed by atoms with Crippen molar-refractivity contribution in [2.75, 3.05) is 0 Å². The number of isocyanates is 2. The Labute approximate surface area is 144 Å². The van der Waals surface area contributed by atoms with Crippen molar-refractivity contribution in [1.82, 2.24) is 0 Å². The summed E-state index contributed by atoms with van der Waals surface area (Å²) in [5.41, 5.74) is 2.12. The van der Waals surface area contributed by atoms with Crippen LogP contribution >= 0.6 is 0 Å². The van der Waals surface area contributed by atoms with Crippen LogP contribution in [-0.2, 0) is 15.4 Å². The van der Waals surface area contributed by atoms with Crippen molar-refractivity contribution in [2.45, 2.75) is 18.6 Å². The van der Waals surface area contributed by atoms with Crippen LogP contribution in [-0.4, -0.2) is 22.4 Å². The molecule has 2 aromatic carbocycles. The molecule has 0 fully saturated rings. The smallest absolute Gasteiger partial charge is 0.240 e. The highest BCUT2D eigenvalue weighted by atomic mass is 16.5. The molecule has 0 aliphatic heterocycles. The summed E-state index contributed by atoms with van der Waals surface area (Å²) in [4.78, 5) is 27.6. The normalized spacial score (nSPS) is 11.8. The van der Waals surface area contributed by atoms with Crippen LogP contribution in [0.15, 0.2) is 70.7 Å². The van der Waals surface area contributed by atoms with Crippen LogP contribution in [0.4, 0.5) is 11.4 Å². The van der Waals surface area contributed by atoms with E-state index in [2.05, 4.69) is 16.6 Å². The molecule has 1 atom stereocenters. The highest BCUT2D eigenvalue weighted by Crippen LogP contribution is 2.40. The van der Waals surface area contributed by atoms with Gasteiger partial charge in [-0.3, -0.25) is 0 Å². The van der Waals surface area contributed by atoms with Gasteiger partial charge in [0.25, 0.3) is 0 Å². The molecule has 0 spiro atoms. The molecule has 0 aliphatic carbocycles. The average Bonchev–Trinajstić information content (AvgIpc) is 2.57. The molecule has 0 amide bonds. The Morgan fingerprint density at radius 1 is 0.960 bits per heavy atom. The monoisotopic (exact) mass is 336 g/mol. The summed E-state index contributed by atoms with van der Waals surface area (Å²) in [6.07, 6.45) is 2.87. The van der Waals surface area contributed by atoms with Gasteiger partial charge in [-0.2, -0.15) is 9.98 Å². The molecule has 0 saturated heterocycles. The zero-order valence-corrected chi connectivity index (χ0v) is 13.5. The molecule has 2 rings (SSSR count). The Bertz CT molecular complexity index is 857. The maximum atomic E-state index is 10.8. The van der Waals surface area contributed by atoms with E-state index in [1.54, 1.807) is 31.2 Å². The average molecular weight is 336 g/mol. The second kappa shape index (κ2) is 7.62. The number of hydrogen-bond acceptors (Lipinski definition) is 6. The van der Waals surface area contributed by atoms with Crippen LogP contribution in [0.3, 0.4) is 0 Å². The molecule has 0 aromatic heterocycles. The number of nitrogens with zero attached hydrogens (tertiary/aromatic N) is 2. The number of hydrogen-bond donors (Lipinski definition) is 2. The minimum absolute atomic E-state index is 0.223. The number of aliphatic hydroxyl groups is 2. The molecular formula is C19H16N2O4. The zero-order valence-electron chi connectivity index (χ0n) is 13.5. The van der Waals surface area contributed by atoms with Crippen LogP contribution in [0.5, 0.6) is 0 Å². The van der Waals surface area contributed by atoms with Gasteiger partial charge in [-0.25, -0.2) is 9.59 Å². The summed E-state index contributed by atoms with van der Waals surface area (Å²) in [5, 5.41) is 21.5. The molecule has 126 valence electrons. The number of benzene rings is 2. The van der Waals surface area contributed by atoms with Gasteiger partial charge in [-0.1, -0.05) is 36.4 Å². The highest BCUT2D eigenvalue weighted by Gasteiger charge is 2.38. The standard InChI is InChI=1S/C19H16N2O4/c1-13(2)18(14-3-7-16(8-4-14)20-11-22)19(24,25)15-5-9-17(10-6-15)21-12-23/h3-10,18,24-25H,1H2,2H3. The van der Waals surface area contributed by atoms with E-state index >= 15 is 0 Å². The van der Waals surface area contributed by atoms with Crippen molar-refractivity contribution < 1.29 is 19.8 Å². The molecule has 2 aromatic rings. The minimum Gasteiger partial charge on any atom is -0.361 e. The lowest BCUT2D eigenvalue weighted by Crippen LogP contribution is -2.33. The first-order valence-corrected chi connectivity index (χ1v) is 7.36. The number of rotatable bonds is 6. The fourth-order valence-corrected chi connectivity index (χ4v) is 2.66. The molecule has 0 bridgehead atoms. The Hall–Kier alpha value is -3.14. The van der Waals surface area contributed by atoms with Gasteiger partial charge < -0.3 is 10.2 Å². The van der Waals surface area contributed by atoms with E-state index in [1.807, 2.05) is 0 Å². The van der Waals surface area contributed by atoms with E-state index in [0.29, 0.717) is 22.5 Å². The van der Waals surface area contributed by atoms with Crippen molar-refractivity contribution >= 4 is 23.5 Å². The first-order valence-electron chi connectivity index (χ1n) is 7.36. The van der Waals surface area contributed by atoms with E-state index in [9.17, 15) is 19.8 Å². The Morgan fingerprint density at radius 2 is 1.40 bits per heavy atom. The summed E-state index contributed by atoms with van der Waals surface area (Å²) < 4.78 is 0. The second-order valence-electron chi connectivity index (χ2n) is 5.55. The Balaban J connectivity index is 2.44. The molecule has 6 heteroatoms. The van der Waals surface area contributed by atoms with Crippen molar-refractivity contribution in [3.8, 4) is 0 Å². The minimum atomic E-state index is -2.23. The maximum absolute atomic E-state index is 10.8. The SMILES string of the molecule is C=C(C)C(c1ccc(N=C=O)cc1)C(O)(O)c1ccc(N=C=O)cc1. The van der Waals surface area contributed by atoms with Crippen LogP contribution in [0.2, 0.25) is 0 Å². The first-order chi connectivity index (χ1) is 11.9. The van der Waals surface area contributed by atoms with Crippen LogP contribution in [0.25, 0.3) is 0 Å². The molecule has 25 heavy (non-hydrogen) atoms. The van der Waals surface area contributed by atoms with E-state index < -0.39 is 11.7 Å². The molecule has 6 nitrogen and oxygen atoms in total. The predicted molar refractivity (Wildman–Crippen MR) is 92.1 cm³/mol. The fraction of sp³-hybridized carbons (Fsp3) is 0.158. The Morgan fingerprint density at radius 3 is 1.80 bits per heavy atom. The van der Waals surface area contributed by atoms with Gasteiger partial charge >= 0.3 is 0 Å². The fourth-order valence-electron chi connectivity index (χ4n) is 2.66. The van der Waals surface area contributed by atoms with Crippen molar-refractivity contribution in [3.05, 3.63) is 71.8 Å². The first kappa shape index (κ1) is 18.2. The van der Waals surface area contributed by atoms with Gasteiger partial charge in [0.2, 0.25) is 17.9 Å². The Kier molecular flexibility index (Phi) is 5.55. The summed E-state index contributed by atoms with van der Waals surface area (Å²) in [5.74, 6) is -3.05. The van der Waals surface area contributed by atoms with Gasteiger partial charge in [-0.15, -0.1) is 0 Å². The molecule has 0 radical (unpaired) electrons. The predicted octanol–water partition coefficient (Wildman–Crippen LogP) is 3.12.